The van der Waals surface area contributed by atoms with Crippen molar-refractivity contribution in [3.8, 4) is 22.6 Å². The number of anilines is 2. The van der Waals surface area contributed by atoms with Crippen molar-refractivity contribution in [1.82, 2.24) is 25.1 Å². The molecule has 0 amide bonds. The van der Waals surface area contributed by atoms with Crippen molar-refractivity contribution in [3.63, 3.8) is 0 Å². The zero-order chi connectivity index (χ0) is 19.6. The number of hydrogen-bond donors (Lipinski definition) is 1. The summed E-state index contributed by atoms with van der Waals surface area (Å²) in [6, 6.07) is 16.3. The molecule has 1 aliphatic heterocycles. The van der Waals surface area contributed by atoms with E-state index in [4.69, 9.17) is 9.40 Å². The van der Waals surface area contributed by atoms with E-state index in [0.717, 1.165) is 41.9 Å². The number of benzene rings is 1. The van der Waals surface area contributed by atoms with Gasteiger partial charge in [-0.25, -0.2) is 4.98 Å². The molecule has 0 bridgehead atoms. The van der Waals surface area contributed by atoms with Gasteiger partial charge in [-0.3, -0.25) is 10.3 Å². The third-order valence-electron chi connectivity index (χ3n) is 5.02. The van der Waals surface area contributed by atoms with Gasteiger partial charge in [-0.15, -0.1) is 5.10 Å². The average Bonchev–Trinajstić information content (AvgIpc) is 3.23. The van der Waals surface area contributed by atoms with Gasteiger partial charge in [-0.1, -0.05) is 29.4 Å². The molecule has 0 aliphatic carbocycles. The van der Waals surface area contributed by atoms with Gasteiger partial charge in [0, 0.05) is 36.6 Å². The van der Waals surface area contributed by atoms with Crippen LogP contribution in [0.3, 0.4) is 0 Å². The van der Waals surface area contributed by atoms with Crippen LogP contribution in [0, 0.1) is 0 Å². The van der Waals surface area contributed by atoms with E-state index in [1.807, 2.05) is 48.7 Å². The third kappa shape index (κ3) is 3.72. The molecule has 144 valence electrons. The largest absolute Gasteiger partial charge is 0.403 e. The molecule has 4 heterocycles. The lowest BCUT2D eigenvalue weighted by Crippen LogP contribution is -2.27. The van der Waals surface area contributed by atoms with Gasteiger partial charge in [0.2, 0.25) is 5.89 Å². The minimum atomic E-state index is 0.323. The van der Waals surface area contributed by atoms with Crippen molar-refractivity contribution >= 4 is 11.8 Å². The molecule has 7 heteroatoms. The minimum absolute atomic E-state index is 0.323. The van der Waals surface area contributed by atoms with Gasteiger partial charge >= 0.3 is 6.01 Å². The zero-order valence-electron chi connectivity index (χ0n) is 16.0. The van der Waals surface area contributed by atoms with Gasteiger partial charge in [-0.2, -0.15) is 0 Å². The summed E-state index contributed by atoms with van der Waals surface area (Å²) in [5.41, 5.74) is 5.32. The lowest BCUT2D eigenvalue weighted by atomic mass is 10.1. The third-order valence-corrected chi connectivity index (χ3v) is 5.02. The van der Waals surface area contributed by atoms with Crippen LogP contribution in [-0.4, -0.2) is 38.7 Å². The molecule has 0 saturated heterocycles. The smallest absolute Gasteiger partial charge is 0.321 e. The Morgan fingerprint density at radius 2 is 1.90 bits per heavy atom. The summed E-state index contributed by atoms with van der Waals surface area (Å²) in [4.78, 5) is 11.1. The highest BCUT2D eigenvalue weighted by Crippen LogP contribution is 2.27. The van der Waals surface area contributed by atoms with E-state index in [2.05, 4.69) is 38.5 Å². The van der Waals surface area contributed by atoms with Crippen molar-refractivity contribution in [2.24, 2.45) is 0 Å². The maximum absolute atomic E-state index is 5.83. The molecule has 7 nitrogen and oxygen atoms in total. The monoisotopic (exact) mass is 384 g/mol. The number of likely N-dealkylation sites (N-methyl/N-ethyl adjacent to an activating group) is 1. The molecule has 0 spiro atoms. The second-order valence-electron chi connectivity index (χ2n) is 7.15. The Hall–Kier alpha value is -3.58. The SMILES string of the molecule is CN1CCc2ccc(Nc3nnc(-c4cccc(-c5cccnc5)c4)o3)nc2C1. The molecule has 4 aromatic rings. The predicted molar refractivity (Wildman–Crippen MR) is 111 cm³/mol. The summed E-state index contributed by atoms with van der Waals surface area (Å²) in [6.45, 7) is 1.91. The highest BCUT2D eigenvalue weighted by Gasteiger charge is 2.16. The topological polar surface area (TPSA) is 80.0 Å². The fraction of sp³-hybridized carbons (Fsp3) is 0.182. The van der Waals surface area contributed by atoms with Gasteiger partial charge in [-0.05, 0) is 48.9 Å². The number of rotatable bonds is 4. The molecule has 1 aromatic carbocycles. The van der Waals surface area contributed by atoms with Gasteiger partial charge < -0.3 is 9.32 Å². The Labute approximate surface area is 168 Å². The number of aromatic nitrogens is 4. The Morgan fingerprint density at radius 3 is 2.79 bits per heavy atom. The molecule has 0 atom stereocenters. The molecule has 29 heavy (non-hydrogen) atoms. The van der Waals surface area contributed by atoms with E-state index >= 15 is 0 Å². The predicted octanol–water partition coefficient (Wildman–Crippen LogP) is 3.93. The second-order valence-corrected chi connectivity index (χ2v) is 7.15. The number of hydrogen-bond acceptors (Lipinski definition) is 7. The summed E-state index contributed by atoms with van der Waals surface area (Å²) in [6.07, 6.45) is 4.62. The van der Waals surface area contributed by atoms with Gasteiger partial charge in [0.25, 0.3) is 0 Å². The number of nitrogens with one attached hydrogen (secondary N) is 1. The van der Waals surface area contributed by atoms with Crippen LogP contribution in [0.4, 0.5) is 11.8 Å². The van der Waals surface area contributed by atoms with Crippen molar-refractivity contribution < 1.29 is 4.42 Å². The zero-order valence-corrected chi connectivity index (χ0v) is 16.0. The molecule has 3 aromatic heterocycles. The second kappa shape index (κ2) is 7.44. The fourth-order valence-electron chi connectivity index (χ4n) is 3.48. The molecule has 0 radical (unpaired) electrons. The molecular formula is C22H20N6O. The number of nitrogens with zero attached hydrogens (tertiary/aromatic N) is 5. The van der Waals surface area contributed by atoms with Crippen LogP contribution in [0.5, 0.6) is 0 Å². The van der Waals surface area contributed by atoms with E-state index in [1.165, 1.54) is 5.56 Å². The Morgan fingerprint density at radius 1 is 1.00 bits per heavy atom. The van der Waals surface area contributed by atoms with E-state index in [1.54, 1.807) is 6.20 Å². The quantitative estimate of drug-likeness (QED) is 0.571. The highest BCUT2D eigenvalue weighted by atomic mass is 16.4. The van der Waals surface area contributed by atoms with Crippen molar-refractivity contribution in [2.75, 3.05) is 18.9 Å². The van der Waals surface area contributed by atoms with Gasteiger partial charge in [0.05, 0.1) is 5.69 Å². The van der Waals surface area contributed by atoms with Crippen LogP contribution in [0.1, 0.15) is 11.3 Å². The van der Waals surface area contributed by atoms with Crippen LogP contribution in [0.2, 0.25) is 0 Å². The first kappa shape index (κ1) is 17.5. The maximum atomic E-state index is 5.83. The Bertz CT molecular complexity index is 1140. The first-order valence-corrected chi connectivity index (χ1v) is 9.53. The standard InChI is InChI=1S/C22H20N6O/c1-28-11-9-15-7-8-20(24-19(15)14-28)25-22-27-26-21(29-22)17-5-2-4-16(12-17)18-6-3-10-23-13-18/h2-8,10,12-13H,9,11,14H2,1H3,(H,24,25,27). The average molecular weight is 384 g/mol. The molecule has 0 unspecified atom stereocenters. The van der Waals surface area contributed by atoms with Gasteiger partial charge in [0.1, 0.15) is 5.82 Å². The summed E-state index contributed by atoms with van der Waals surface area (Å²) in [5.74, 6) is 1.16. The van der Waals surface area contributed by atoms with Crippen LogP contribution in [0.15, 0.2) is 65.3 Å². The highest BCUT2D eigenvalue weighted by molar-refractivity contribution is 5.69. The normalized spacial score (nSPS) is 13.8. The number of pyridine rings is 2. The van der Waals surface area contributed by atoms with Crippen molar-refractivity contribution in [3.05, 3.63) is 72.2 Å². The number of fused-ring (bicyclic) bond motifs is 1. The summed E-state index contributed by atoms with van der Waals surface area (Å²) >= 11 is 0. The van der Waals surface area contributed by atoms with E-state index < -0.39 is 0 Å². The van der Waals surface area contributed by atoms with Crippen molar-refractivity contribution in [1.29, 1.82) is 0 Å². The molecule has 0 saturated carbocycles. The molecular weight excluding hydrogens is 364 g/mol. The summed E-state index contributed by atoms with van der Waals surface area (Å²) < 4.78 is 5.83. The first-order chi connectivity index (χ1) is 14.2. The maximum Gasteiger partial charge on any atom is 0.321 e. The molecule has 5 rings (SSSR count). The Kier molecular flexibility index (Phi) is 4.50. The van der Waals surface area contributed by atoms with E-state index in [9.17, 15) is 0 Å². The van der Waals surface area contributed by atoms with Crippen LogP contribution in [0.25, 0.3) is 22.6 Å². The first-order valence-electron chi connectivity index (χ1n) is 9.53. The summed E-state index contributed by atoms with van der Waals surface area (Å²) in [7, 11) is 2.11. The minimum Gasteiger partial charge on any atom is -0.403 e. The molecule has 1 N–H and O–H groups in total. The van der Waals surface area contributed by atoms with Gasteiger partial charge in [0.15, 0.2) is 0 Å². The lowest BCUT2D eigenvalue weighted by Gasteiger charge is -2.24. The summed E-state index contributed by atoms with van der Waals surface area (Å²) in [5, 5.41) is 11.4. The Balaban J connectivity index is 1.37. The fourth-order valence-corrected chi connectivity index (χ4v) is 3.48. The van der Waals surface area contributed by atoms with Crippen LogP contribution < -0.4 is 5.32 Å². The van der Waals surface area contributed by atoms with Crippen LogP contribution in [-0.2, 0) is 13.0 Å². The van der Waals surface area contributed by atoms with E-state index in [0.29, 0.717) is 17.7 Å². The van der Waals surface area contributed by atoms with Crippen molar-refractivity contribution in [2.45, 2.75) is 13.0 Å². The van der Waals surface area contributed by atoms with E-state index in [-0.39, 0.29) is 0 Å². The molecule has 0 fully saturated rings. The van der Waals surface area contributed by atoms with Crippen LogP contribution >= 0.6 is 0 Å². The molecule has 1 aliphatic rings. The lowest BCUT2D eigenvalue weighted by molar-refractivity contribution is 0.308.